The Morgan fingerprint density at radius 3 is 2.04 bits per heavy atom. The molecule has 1 aromatic carbocycles. The van der Waals surface area contributed by atoms with Gasteiger partial charge in [-0.05, 0) is 92.4 Å². The zero-order chi connectivity index (χ0) is 16.9. The molecule has 0 aliphatic heterocycles. The second-order valence-corrected chi connectivity index (χ2v) is 10.0. The fourth-order valence-electron chi connectivity index (χ4n) is 6.11. The van der Waals surface area contributed by atoms with Crippen LogP contribution >= 0.6 is 0 Å². The summed E-state index contributed by atoms with van der Waals surface area (Å²) in [4.78, 5) is 0.159. The molecular formula is C19H26FNO2S. The van der Waals surface area contributed by atoms with Gasteiger partial charge < -0.3 is 0 Å². The minimum atomic E-state index is -3.60. The van der Waals surface area contributed by atoms with Crippen LogP contribution in [-0.2, 0) is 10.0 Å². The van der Waals surface area contributed by atoms with Crippen molar-refractivity contribution in [2.45, 2.75) is 62.8 Å². The lowest BCUT2D eigenvalue weighted by molar-refractivity contribution is -0.0704. The number of hydrogen-bond acceptors (Lipinski definition) is 2. The van der Waals surface area contributed by atoms with Crippen molar-refractivity contribution in [2.24, 2.45) is 23.2 Å². The standard InChI is InChI=1S/C19H26FNO2S/c1-2-18(21-24(22,23)17-5-3-16(20)4-6-17)19-10-13-7-14(11-19)9-15(8-13)12-19/h3-6,13-15,18,21H,2,7-12H2,1H3/t13?,14?,15?,18-,19?/m1/s1. The smallest absolute Gasteiger partial charge is 0.208 e. The fraction of sp³-hybridized carbons (Fsp3) is 0.684. The molecule has 24 heavy (non-hydrogen) atoms. The Morgan fingerprint density at radius 2 is 1.58 bits per heavy atom. The van der Waals surface area contributed by atoms with E-state index in [1.807, 2.05) is 0 Å². The van der Waals surface area contributed by atoms with Crippen molar-refractivity contribution in [2.75, 3.05) is 0 Å². The lowest BCUT2D eigenvalue weighted by atomic mass is 9.47. The number of rotatable bonds is 5. The van der Waals surface area contributed by atoms with Crippen LogP contribution in [0.5, 0.6) is 0 Å². The van der Waals surface area contributed by atoms with E-state index < -0.39 is 15.8 Å². The van der Waals surface area contributed by atoms with Crippen molar-refractivity contribution in [3.63, 3.8) is 0 Å². The van der Waals surface area contributed by atoms with Gasteiger partial charge in [-0.1, -0.05) is 6.92 Å². The first kappa shape index (κ1) is 16.5. The van der Waals surface area contributed by atoms with Crippen LogP contribution < -0.4 is 4.72 Å². The van der Waals surface area contributed by atoms with Gasteiger partial charge in [-0.2, -0.15) is 0 Å². The van der Waals surface area contributed by atoms with Crippen LogP contribution in [0.3, 0.4) is 0 Å². The zero-order valence-electron chi connectivity index (χ0n) is 14.2. The number of halogens is 1. The van der Waals surface area contributed by atoms with Crippen LogP contribution in [0.15, 0.2) is 29.2 Å². The second kappa shape index (κ2) is 5.80. The van der Waals surface area contributed by atoms with Gasteiger partial charge in [0.1, 0.15) is 5.82 Å². The maximum Gasteiger partial charge on any atom is 0.240 e. The molecule has 0 spiro atoms. The largest absolute Gasteiger partial charge is 0.240 e. The summed E-state index contributed by atoms with van der Waals surface area (Å²) in [5, 5.41) is 0. The van der Waals surface area contributed by atoms with Gasteiger partial charge in [0.2, 0.25) is 10.0 Å². The SMILES string of the molecule is CC[C@@H](NS(=O)(=O)c1ccc(F)cc1)C12CC3CC(CC(C3)C1)C2. The van der Waals surface area contributed by atoms with Gasteiger partial charge in [0.25, 0.3) is 0 Å². The van der Waals surface area contributed by atoms with Crippen LogP contribution in [-0.4, -0.2) is 14.5 Å². The minimum absolute atomic E-state index is 0.0130. The molecule has 1 N–H and O–H groups in total. The molecule has 1 atom stereocenters. The normalized spacial score (nSPS) is 36.0. The molecule has 4 aliphatic carbocycles. The highest BCUT2D eigenvalue weighted by Crippen LogP contribution is 2.61. The van der Waals surface area contributed by atoms with E-state index >= 15 is 0 Å². The average Bonchev–Trinajstić information content (AvgIpc) is 2.51. The maximum absolute atomic E-state index is 13.1. The molecule has 0 aromatic heterocycles. The number of sulfonamides is 1. The molecule has 0 radical (unpaired) electrons. The van der Waals surface area contributed by atoms with E-state index in [0.29, 0.717) is 0 Å². The summed E-state index contributed by atoms with van der Waals surface area (Å²) in [6.07, 6.45) is 8.37. The van der Waals surface area contributed by atoms with Gasteiger partial charge >= 0.3 is 0 Å². The monoisotopic (exact) mass is 351 g/mol. The van der Waals surface area contributed by atoms with E-state index in [4.69, 9.17) is 0 Å². The molecule has 0 amide bonds. The van der Waals surface area contributed by atoms with Crippen molar-refractivity contribution >= 4 is 10.0 Å². The molecule has 0 saturated heterocycles. The molecular weight excluding hydrogens is 325 g/mol. The average molecular weight is 351 g/mol. The van der Waals surface area contributed by atoms with Crippen molar-refractivity contribution < 1.29 is 12.8 Å². The summed E-state index contributed by atoms with van der Waals surface area (Å²) in [5.74, 6) is 1.96. The third-order valence-corrected chi connectivity index (χ3v) is 8.14. The van der Waals surface area contributed by atoms with Crippen molar-refractivity contribution in [3.8, 4) is 0 Å². The van der Waals surface area contributed by atoms with Crippen LogP contribution in [0.2, 0.25) is 0 Å². The van der Waals surface area contributed by atoms with Gasteiger partial charge in [0.05, 0.1) is 4.90 Å². The molecule has 4 saturated carbocycles. The summed E-state index contributed by atoms with van der Waals surface area (Å²) in [7, 11) is -3.60. The van der Waals surface area contributed by atoms with E-state index in [0.717, 1.165) is 24.2 Å². The van der Waals surface area contributed by atoms with Crippen LogP contribution in [0.1, 0.15) is 51.9 Å². The lowest BCUT2D eigenvalue weighted by Gasteiger charge is -2.59. The number of nitrogens with one attached hydrogen (secondary N) is 1. The van der Waals surface area contributed by atoms with E-state index in [1.165, 1.54) is 62.8 Å². The highest BCUT2D eigenvalue weighted by molar-refractivity contribution is 7.89. The summed E-state index contributed by atoms with van der Waals surface area (Å²) in [6.45, 7) is 2.08. The quantitative estimate of drug-likeness (QED) is 0.868. The van der Waals surface area contributed by atoms with E-state index in [2.05, 4.69) is 11.6 Å². The van der Waals surface area contributed by atoms with Gasteiger partial charge in [0, 0.05) is 6.04 Å². The Bertz CT molecular complexity index is 678. The van der Waals surface area contributed by atoms with Crippen LogP contribution in [0.25, 0.3) is 0 Å². The van der Waals surface area contributed by atoms with Gasteiger partial charge in [-0.25, -0.2) is 17.5 Å². The molecule has 0 heterocycles. The highest BCUT2D eigenvalue weighted by atomic mass is 32.2. The third-order valence-electron chi connectivity index (χ3n) is 6.65. The topological polar surface area (TPSA) is 46.2 Å². The first-order chi connectivity index (χ1) is 11.4. The molecule has 4 fully saturated rings. The van der Waals surface area contributed by atoms with Crippen molar-refractivity contribution in [1.29, 1.82) is 0 Å². The number of hydrogen-bond donors (Lipinski definition) is 1. The molecule has 3 nitrogen and oxygen atoms in total. The Labute approximate surface area is 144 Å². The zero-order valence-corrected chi connectivity index (χ0v) is 15.0. The molecule has 132 valence electrons. The molecule has 5 rings (SSSR count). The second-order valence-electron chi connectivity index (χ2n) is 8.32. The summed E-state index contributed by atoms with van der Waals surface area (Å²) in [6, 6.07) is 5.11. The lowest BCUT2D eigenvalue weighted by Crippen LogP contribution is -2.56. The Balaban J connectivity index is 1.59. The first-order valence-corrected chi connectivity index (χ1v) is 10.7. The summed E-state index contributed by atoms with van der Waals surface area (Å²) >= 11 is 0. The van der Waals surface area contributed by atoms with Crippen LogP contribution in [0.4, 0.5) is 4.39 Å². The van der Waals surface area contributed by atoms with E-state index in [1.54, 1.807) is 0 Å². The molecule has 0 unspecified atom stereocenters. The van der Waals surface area contributed by atoms with E-state index in [9.17, 15) is 12.8 Å². The third kappa shape index (κ3) is 2.80. The van der Waals surface area contributed by atoms with E-state index in [-0.39, 0.29) is 16.4 Å². The van der Waals surface area contributed by atoms with Gasteiger partial charge in [0.15, 0.2) is 0 Å². The number of benzene rings is 1. The molecule has 5 heteroatoms. The predicted molar refractivity (Wildman–Crippen MR) is 91.4 cm³/mol. The van der Waals surface area contributed by atoms with Crippen molar-refractivity contribution in [3.05, 3.63) is 30.1 Å². The molecule has 1 aromatic rings. The Morgan fingerprint density at radius 1 is 1.08 bits per heavy atom. The molecule has 4 bridgehead atoms. The van der Waals surface area contributed by atoms with Crippen LogP contribution in [0, 0.1) is 29.0 Å². The highest BCUT2D eigenvalue weighted by Gasteiger charge is 2.54. The summed E-state index contributed by atoms with van der Waals surface area (Å²) < 4.78 is 41.6. The Hall–Kier alpha value is -0.940. The summed E-state index contributed by atoms with van der Waals surface area (Å²) in [5.41, 5.74) is 0.136. The van der Waals surface area contributed by atoms with Crippen molar-refractivity contribution in [1.82, 2.24) is 4.72 Å². The Kier molecular flexibility index (Phi) is 4.00. The van der Waals surface area contributed by atoms with Gasteiger partial charge in [-0.3, -0.25) is 0 Å². The minimum Gasteiger partial charge on any atom is -0.208 e. The first-order valence-electron chi connectivity index (χ1n) is 9.18. The maximum atomic E-state index is 13.1. The van der Waals surface area contributed by atoms with Gasteiger partial charge in [-0.15, -0.1) is 0 Å². The molecule has 4 aliphatic rings. The fourth-order valence-corrected chi connectivity index (χ4v) is 7.54. The predicted octanol–water partition coefficient (Wildman–Crippen LogP) is 4.10.